The van der Waals surface area contributed by atoms with Crippen LogP contribution in [0.3, 0.4) is 0 Å². The van der Waals surface area contributed by atoms with Crippen molar-refractivity contribution in [3.05, 3.63) is 109 Å². The number of hydrogen-bond donors (Lipinski definition) is 2. The molecule has 8 heteroatoms. The van der Waals surface area contributed by atoms with Gasteiger partial charge in [0.2, 0.25) is 0 Å². The van der Waals surface area contributed by atoms with Crippen molar-refractivity contribution in [2.45, 2.75) is 119 Å². The van der Waals surface area contributed by atoms with Crippen LogP contribution in [0.4, 0.5) is 0 Å². The summed E-state index contributed by atoms with van der Waals surface area (Å²) in [5.74, 6) is 2.98. The first-order valence-corrected chi connectivity index (χ1v) is 26.9. The number of aromatic hydroxyl groups is 2. The monoisotopic (exact) mass is 971 g/mol. The summed E-state index contributed by atoms with van der Waals surface area (Å²) in [5, 5.41) is 33.8. The Morgan fingerprint density at radius 3 is 0.861 bits per heavy atom. The molecule has 0 heterocycles. The normalized spacial score (nSPS) is 11.5. The van der Waals surface area contributed by atoms with E-state index in [9.17, 15) is 10.2 Å². The lowest BCUT2D eigenvalue weighted by Crippen LogP contribution is -2.07. The van der Waals surface area contributed by atoms with E-state index in [-0.39, 0.29) is 11.5 Å². The van der Waals surface area contributed by atoms with Gasteiger partial charge in [-0.1, -0.05) is 177 Å². The highest BCUT2D eigenvalue weighted by Crippen LogP contribution is 2.61. The van der Waals surface area contributed by atoms with Crippen molar-refractivity contribution in [2.24, 2.45) is 0 Å². The SMILES string of the molecule is CCCCOc1cc2ccccc2c(-c2c(OCCCC)c(O)c(-c3c(O)c(OCCCC)c(-c4c(OCCCC)c(OCCCC)cc5ccccc45)c4ccccc34)c3ccccc23)c1OCCCC. The zero-order chi connectivity index (χ0) is 50.4. The van der Waals surface area contributed by atoms with Crippen molar-refractivity contribution < 1.29 is 38.6 Å². The van der Waals surface area contributed by atoms with Crippen LogP contribution >= 0.6 is 0 Å². The molecule has 8 aromatic carbocycles. The number of ether oxygens (including phenoxy) is 6. The Kier molecular flexibility index (Phi) is 17.9. The topological polar surface area (TPSA) is 95.8 Å². The standard InChI is InChI=1S/C64H74O8/c1-7-13-35-67-51-41-43-27-19-21-29-45(43)55(61(51)69-37-15-9-3)57-49-33-25-23-31-47(49)53(59(65)63(57)71-39-17-11-5)54-48-32-24-26-34-50(48)58(64(60(54)66)72-40-18-12-6)56-46-30-22-20-28-44(46)42-52(68-36-14-8-2)62(56)70-38-16-10-4/h19-34,41-42,65-66H,7-18,35-40H2,1-6H3. The van der Waals surface area contributed by atoms with Gasteiger partial charge < -0.3 is 38.6 Å². The molecule has 8 aromatic rings. The molecule has 0 saturated heterocycles. The molecule has 378 valence electrons. The zero-order valence-corrected chi connectivity index (χ0v) is 43.5. The number of phenols is 2. The van der Waals surface area contributed by atoms with Crippen LogP contribution in [0.15, 0.2) is 109 Å². The third-order valence-corrected chi connectivity index (χ3v) is 13.5. The Morgan fingerprint density at radius 1 is 0.292 bits per heavy atom. The van der Waals surface area contributed by atoms with Crippen LogP contribution in [-0.2, 0) is 0 Å². The Labute approximate surface area is 426 Å². The molecule has 8 nitrogen and oxygen atoms in total. The maximum Gasteiger partial charge on any atom is 0.170 e. The summed E-state index contributed by atoms with van der Waals surface area (Å²) < 4.78 is 40.8. The van der Waals surface area contributed by atoms with Crippen molar-refractivity contribution in [2.75, 3.05) is 39.6 Å². The lowest BCUT2D eigenvalue weighted by Gasteiger charge is -2.26. The average Bonchev–Trinajstić information content (AvgIpc) is 3.40. The van der Waals surface area contributed by atoms with Crippen molar-refractivity contribution in [3.63, 3.8) is 0 Å². The number of benzene rings is 8. The van der Waals surface area contributed by atoms with Crippen LogP contribution in [0.1, 0.15) is 119 Å². The first kappa shape index (κ1) is 51.6. The van der Waals surface area contributed by atoms with Gasteiger partial charge in [0.1, 0.15) is 0 Å². The minimum atomic E-state index is -0.0891. The maximum atomic E-state index is 13.4. The molecule has 0 spiro atoms. The first-order chi connectivity index (χ1) is 35.4. The molecule has 0 aromatic heterocycles. The summed E-state index contributed by atoms with van der Waals surface area (Å²) >= 11 is 0. The number of phenolic OH excluding ortho intramolecular Hbond substituents is 2. The molecule has 0 saturated carbocycles. The van der Waals surface area contributed by atoms with E-state index >= 15 is 0 Å². The van der Waals surface area contributed by atoms with Crippen LogP contribution in [0.25, 0.3) is 76.5 Å². The van der Waals surface area contributed by atoms with Crippen LogP contribution in [0.5, 0.6) is 46.0 Å². The van der Waals surface area contributed by atoms with Gasteiger partial charge in [-0.15, -0.1) is 0 Å². The van der Waals surface area contributed by atoms with E-state index in [0.717, 1.165) is 131 Å². The van der Waals surface area contributed by atoms with E-state index in [2.05, 4.69) is 90.1 Å². The first-order valence-electron chi connectivity index (χ1n) is 26.9. The van der Waals surface area contributed by atoms with Crippen LogP contribution in [0.2, 0.25) is 0 Å². The maximum absolute atomic E-state index is 13.4. The Hall–Kier alpha value is -6.80. The quantitative estimate of drug-likeness (QED) is 0.0492. The highest BCUT2D eigenvalue weighted by atomic mass is 16.5. The number of rotatable bonds is 27. The zero-order valence-electron chi connectivity index (χ0n) is 43.5. The van der Waals surface area contributed by atoms with Gasteiger partial charge in [-0.3, -0.25) is 0 Å². The molecule has 72 heavy (non-hydrogen) atoms. The van der Waals surface area contributed by atoms with E-state index in [0.29, 0.717) is 96.4 Å². The predicted molar refractivity (Wildman–Crippen MR) is 299 cm³/mol. The highest BCUT2D eigenvalue weighted by Gasteiger charge is 2.33. The molecular weight excluding hydrogens is 897 g/mol. The molecule has 0 amide bonds. The smallest absolute Gasteiger partial charge is 0.170 e. The van der Waals surface area contributed by atoms with E-state index in [1.165, 1.54) is 0 Å². The van der Waals surface area contributed by atoms with Crippen LogP contribution in [-0.4, -0.2) is 49.9 Å². The van der Waals surface area contributed by atoms with Gasteiger partial charge >= 0.3 is 0 Å². The molecule has 8 rings (SSSR count). The summed E-state index contributed by atoms with van der Waals surface area (Å²) in [5.41, 5.74) is 3.86. The molecule has 2 N–H and O–H groups in total. The van der Waals surface area contributed by atoms with E-state index in [1.54, 1.807) is 0 Å². The summed E-state index contributed by atoms with van der Waals surface area (Å²) in [6.45, 7) is 15.6. The summed E-state index contributed by atoms with van der Waals surface area (Å²) in [6.07, 6.45) is 10.7. The molecule has 0 atom stereocenters. The number of hydrogen-bond acceptors (Lipinski definition) is 8. The Morgan fingerprint density at radius 2 is 0.542 bits per heavy atom. The van der Waals surface area contributed by atoms with E-state index in [1.807, 2.05) is 60.7 Å². The van der Waals surface area contributed by atoms with Gasteiger partial charge in [-0.25, -0.2) is 0 Å². The molecular formula is C64H74O8. The number of unbranched alkanes of at least 4 members (excludes halogenated alkanes) is 6. The van der Waals surface area contributed by atoms with Crippen molar-refractivity contribution in [3.8, 4) is 79.4 Å². The summed E-state index contributed by atoms with van der Waals surface area (Å²) in [4.78, 5) is 0. The molecule has 0 unspecified atom stereocenters. The summed E-state index contributed by atoms with van der Waals surface area (Å²) in [6, 6.07) is 36.9. The summed E-state index contributed by atoms with van der Waals surface area (Å²) in [7, 11) is 0. The molecule has 0 aliphatic carbocycles. The highest BCUT2D eigenvalue weighted by molar-refractivity contribution is 6.22. The van der Waals surface area contributed by atoms with Gasteiger partial charge in [-0.2, -0.15) is 0 Å². The fraction of sp³-hybridized carbons (Fsp3) is 0.375. The molecule has 0 fully saturated rings. The lowest BCUT2D eigenvalue weighted by atomic mass is 9.83. The third kappa shape index (κ3) is 10.7. The van der Waals surface area contributed by atoms with E-state index < -0.39 is 0 Å². The average molecular weight is 971 g/mol. The second-order valence-electron chi connectivity index (χ2n) is 18.8. The van der Waals surface area contributed by atoms with Crippen LogP contribution < -0.4 is 28.4 Å². The fourth-order valence-electron chi connectivity index (χ4n) is 9.62. The van der Waals surface area contributed by atoms with Crippen molar-refractivity contribution in [1.29, 1.82) is 0 Å². The van der Waals surface area contributed by atoms with E-state index in [4.69, 9.17) is 28.4 Å². The van der Waals surface area contributed by atoms with Gasteiger partial charge in [-0.05, 0) is 93.7 Å². The molecule has 0 bridgehead atoms. The van der Waals surface area contributed by atoms with Gasteiger partial charge in [0.15, 0.2) is 46.0 Å². The minimum Gasteiger partial charge on any atom is -0.504 e. The van der Waals surface area contributed by atoms with Gasteiger partial charge in [0.05, 0.1) is 39.6 Å². The number of fused-ring (bicyclic) bond motifs is 4. The Bertz CT molecular complexity index is 2890. The van der Waals surface area contributed by atoms with Crippen molar-refractivity contribution in [1.82, 2.24) is 0 Å². The predicted octanol–water partition coefficient (Wildman–Crippen LogP) is 17.8. The second kappa shape index (κ2) is 25.0. The Balaban J connectivity index is 1.51. The second-order valence-corrected chi connectivity index (χ2v) is 18.8. The molecule has 0 radical (unpaired) electrons. The lowest BCUT2D eigenvalue weighted by molar-refractivity contribution is 0.263. The fourth-order valence-corrected chi connectivity index (χ4v) is 9.62. The molecule has 0 aliphatic heterocycles. The van der Waals surface area contributed by atoms with Crippen molar-refractivity contribution >= 4 is 43.1 Å². The largest absolute Gasteiger partial charge is 0.504 e. The molecule has 0 aliphatic rings. The van der Waals surface area contributed by atoms with Gasteiger partial charge in [0, 0.05) is 33.4 Å². The third-order valence-electron chi connectivity index (χ3n) is 13.5. The van der Waals surface area contributed by atoms with Crippen LogP contribution in [0, 0.1) is 0 Å². The van der Waals surface area contributed by atoms with Gasteiger partial charge in [0.25, 0.3) is 0 Å². The minimum absolute atomic E-state index is 0.0891.